The van der Waals surface area contributed by atoms with Crippen molar-refractivity contribution < 1.29 is 23.8 Å². The lowest BCUT2D eigenvalue weighted by atomic mass is 10.2. The van der Waals surface area contributed by atoms with Gasteiger partial charge in [0.2, 0.25) is 11.8 Å². The van der Waals surface area contributed by atoms with Gasteiger partial charge in [0.15, 0.2) is 11.5 Å². The van der Waals surface area contributed by atoms with Gasteiger partial charge < -0.3 is 24.8 Å². The molecule has 0 aromatic heterocycles. The fourth-order valence-corrected chi connectivity index (χ4v) is 3.15. The van der Waals surface area contributed by atoms with Crippen molar-refractivity contribution in [1.82, 2.24) is 4.90 Å². The summed E-state index contributed by atoms with van der Waals surface area (Å²) < 4.78 is 16.4. The van der Waals surface area contributed by atoms with E-state index in [0.29, 0.717) is 46.9 Å². The summed E-state index contributed by atoms with van der Waals surface area (Å²) in [6.45, 7) is 6.65. The van der Waals surface area contributed by atoms with E-state index in [1.54, 1.807) is 42.3 Å². The van der Waals surface area contributed by atoms with Crippen molar-refractivity contribution in [1.29, 1.82) is 0 Å². The first kappa shape index (κ1) is 25.3. The predicted molar refractivity (Wildman–Crippen MR) is 126 cm³/mol. The van der Waals surface area contributed by atoms with Crippen molar-refractivity contribution in [3.05, 3.63) is 40.9 Å². The molecule has 0 atom stereocenters. The maximum absolute atomic E-state index is 12.4. The smallest absolute Gasteiger partial charge is 0.238 e. The number of aryl methyl sites for hydroxylation is 1. The standard InChI is InChI=1S/C23H30ClN3O5/c1-6-31-19-9-8-16(11-21(19)32-7-2)25-22(28)13-27(4)14-23(29)26-18-10-15(3)17(24)12-20(18)30-5/h8-12H,6-7,13-14H2,1-5H3,(H,25,28)(H,26,29). The molecular weight excluding hydrogens is 434 g/mol. The molecule has 2 aromatic rings. The third kappa shape index (κ3) is 7.32. The van der Waals surface area contributed by atoms with Crippen molar-refractivity contribution in [2.24, 2.45) is 0 Å². The lowest BCUT2D eigenvalue weighted by molar-refractivity contribution is -0.119. The van der Waals surface area contributed by atoms with Crippen molar-refractivity contribution in [3.63, 3.8) is 0 Å². The van der Waals surface area contributed by atoms with Crippen LogP contribution in [0.4, 0.5) is 11.4 Å². The van der Waals surface area contributed by atoms with E-state index in [-0.39, 0.29) is 24.9 Å². The number of methoxy groups -OCH3 is 1. The molecular formula is C23H30ClN3O5. The van der Waals surface area contributed by atoms with Gasteiger partial charge in [-0.05, 0) is 51.6 Å². The highest BCUT2D eigenvalue weighted by Gasteiger charge is 2.15. The summed E-state index contributed by atoms with van der Waals surface area (Å²) in [4.78, 5) is 26.5. The number of hydrogen-bond acceptors (Lipinski definition) is 6. The van der Waals surface area contributed by atoms with Crippen LogP contribution in [0.2, 0.25) is 5.02 Å². The Morgan fingerprint density at radius 3 is 2.19 bits per heavy atom. The van der Waals surface area contributed by atoms with E-state index in [1.807, 2.05) is 20.8 Å². The Labute approximate surface area is 193 Å². The third-order valence-electron chi connectivity index (χ3n) is 4.41. The van der Waals surface area contributed by atoms with Gasteiger partial charge in [-0.25, -0.2) is 0 Å². The Kier molecular flexibility index (Phi) is 9.61. The van der Waals surface area contributed by atoms with Gasteiger partial charge in [-0.2, -0.15) is 0 Å². The summed E-state index contributed by atoms with van der Waals surface area (Å²) >= 11 is 6.10. The average molecular weight is 464 g/mol. The highest BCUT2D eigenvalue weighted by Crippen LogP contribution is 2.31. The summed E-state index contributed by atoms with van der Waals surface area (Å²) in [5.74, 6) is 1.11. The lowest BCUT2D eigenvalue weighted by Crippen LogP contribution is -2.36. The minimum Gasteiger partial charge on any atom is -0.495 e. The normalized spacial score (nSPS) is 10.6. The van der Waals surface area contributed by atoms with Gasteiger partial charge in [-0.3, -0.25) is 14.5 Å². The molecule has 2 rings (SSSR count). The number of ether oxygens (including phenoxy) is 3. The molecule has 0 saturated carbocycles. The topological polar surface area (TPSA) is 89.1 Å². The van der Waals surface area contributed by atoms with E-state index >= 15 is 0 Å². The number of nitrogens with one attached hydrogen (secondary N) is 2. The van der Waals surface area contributed by atoms with E-state index in [2.05, 4.69) is 10.6 Å². The number of rotatable bonds is 11. The van der Waals surface area contributed by atoms with Gasteiger partial charge in [0, 0.05) is 22.8 Å². The zero-order valence-electron chi connectivity index (χ0n) is 19.1. The highest BCUT2D eigenvalue weighted by molar-refractivity contribution is 6.31. The van der Waals surface area contributed by atoms with Gasteiger partial charge in [0.05, 0.1) is 39.1 Å². The maximum atomic E-state index is 12.4. The number of hydrogen-bond donors (Lipinski definition) is 2. The van der Waals surface area contributed by atoms with Crippen LogP contribution in [0.3, 0.4) is 0 Å². The van der Waals surface area contributed by atoms with Crippen LogP contribution in [-0.4, -0.2) is 57.2 Å². The van der Waals surface area contributed by atoms with Crippen LogP contribution < -0.4 is 24.8 Å². The van der Waals surface area contributed by atoms with Gasteiger partial charge in [-0.1, -0.05) is 11.6 Å². The number of anilines is 2. The van der Waals surface area contributed by atoms with Crippen LogP contribution in [0, 0.1) is 6.92 Å². The quantitative estimate of drug-likeness (QED) is 0.524. The third-order valence-corrected chi connectivity index (χ3v) is 4.82. The Bertz CT molecular complexity index is 951. The second kappa shape index (κ2) is 12.2. The van der Waals surface area contributed by atoms with E-state index in [0.717, 1.165) is 5.56 Å². The predicted octanol–water partition coefficient (Wildman–Crippen LogP) is 3.96. The molecule has 0 heterocycles. The molecule has 8 nitrogen and oxygen atoms in total. The van der Waals surface area contributed by atoms with Gasteiger partial charge in [0.25, 0.3) is 0 Å². The fraction of sp³-hybridized carbons (Fsp3) is 0.391. The Hall–Kier alpha value is -2.97. The molecule has 9 heteroatoms. The molecule has 2 N–H and O–H groups in total. The zero-order chi connectivity index (χ0) is 23.7. The number of benzene rings is 2. The minimum atomic E-state index is -0.278. The number of halogens is 1. The van der Waals surface area contributed by atoms with E-state index in [9.17, 15) is 9.59 Å². The summed E-state index contributed by atoms with van der Waals surface area (Å²) in [6.07, 6.45) is 0. The van der Waals surface area contributed by atoms with Crippen LogP contribution >= 0.6 is 11.6 Å². The number of amides is 2. The molecule has 0 fully saturated rings. The number of carbonyl (C=O) groups excluding carboxylic acids is 2. The Balaban J connectivity index is 1.93. The van der Waals surface area contributed by atoms with E-state index in [1.165, 1.54) is 7.11 Å². The van der Waals surface area contributed by atoms with Crippen LogP contribution in [0.5, 0.6) is 17.2 Å². The lowest BCUT2D eigenvalue weighted by Gasteiger charge is -2.18. The molecule has 174 valence electrons. The first-order valence-electron chi connectivity index (χ1n) is 10.3. The fourth-order valence-electron chi connectivity index (χ4n) is 3.00. The van der Waals surface area contributed by atoms with Gasteiger partial charge in [0.1, 0.15) is 5.75 Å². The van der Waals surface area contributed by atoms with Crippen molar-refractivity contribution in [3.8, 4) is 17.2 Å². The first-order chi connectivity index (χ1) is 15.3. The number of nitrogens with zero attached hydrogens (tertiary/aromatic N) is 1. The molecule has 0 aliphatic heterocycles. The van der Waals surface area contributed by atoms with Crippen LogP contribution in [0.1, 0.15) is 19.4 Å². The maximum Gasteiger partial charge on any atom is 0.238 e. The molecule has 2 amide bonds. The number of carbonyl (C=O) groups is 2. The van der Waals surface area contributed by atoms with Crippen molar-refractivity contribution >= 4 is 34.8 Å². The highest BCUT2D eigenvalue weighted by atomic mass is 35.5. The Morgan fingerprint density at radius 2 is 1.56 bits per heavy atom. The molecule has 0 bridgehead atoms. The SMILES string of the molecule is CCOc1ccc(NC(=O)CN(C)CC(=O)Nc2cc(C)c(Cl)cc2OC)cc1OCC. The van der Waals surface area contributed by atoms with Crippen molar-refractivity contribution in [2.45, 2.75) is 20.8 Å². The van der Waals surface area contributed by atoms with E-state index < -0.39 is 0 Å². The van der Waals surface area contributed by atoms with Crippen LogP contribution in [-0.2, 0) is 9.59 Å². The number of likely N-dealkylation sites (N-methyl/N-ethyl adjacent to an activating group) is 1. The molecule has 0 unspecified atom stereocenters. The molecule has 0 aliphatic carbocycles. The largest absolute Gasteiger partial charge is 0.495 e. The summed E-state index contributed by atoms with van der Waals surface area (Å²) in [5.41, 5.74) is 1.92. The van der Waals surface area contributed by atoms with Crippen LogP contribution in [0.15, 0.2) is 30.3 Å². The molecule has 0 radical (unpaired) electrons. The van der Waals surface area contributed by atoms with Crippen LogP contribution in [0.25, 0.3) is 0 Å². The molecule has 32 heavy (non-hydrogen) atoms. The average Bonchev–Trinajstić information content (AvgIpc) is 2.72. The summed E-state index contributed by atoms with van der Waals surface area (Å²) in [5, 5.41) is 6.16. The van der Waals surface area contributed by atoms with Gasteiger partial charge in [-0.15, -0.1) is 0 Å². The molecule has 0 saturated heterocycles. The monoisotopic (exact) mass is 463 g/mol. The molecule has 0 aliphatic rings. The second-order valence-electron chi connectivity index (χ2n) is 7.10. The zero-order valence-corrected chi connectivity index (χ0v) is 19.8. The Morgan fingerprint density at radius 1 is 0.938 bits per heavy atom. The molecule has 0 spiro atoms. The first-order valence-corrected chi connectivity index (χ1v) is 10.7. The van der Waals surface area contributed by atoms with E-state index in [4.69, 9.17) is 25.8 Å². The second-order valence-corrected chi connectivity index (χ2v) is 7.51. The molecule has 2 aromatic carbocycles. The minimum absolute atomic E-state index is 0.0196. The van der Waals surface area contributed by atoms with Crippen molar-refractivity contribution in [2.75, 3.05) is 51.1 Å². The summed E-state index contributed by atoms with van der Waals surface area (Å²) in [7, 11) is 3.19. The summed E-state index contributed by atoms with van der Waals surface area (Å²) in [6, 6.07) is 8.61. The van der Waals surface area contributed by atoms with Gasteiger partial charge >= 0.3 is 0 Å².